The van der Waals surface area contributed by atoms with Gasteiger partial charge in [-0.1, -0.05) is 0 Å². The monoisotopic (exact) mass is 263 g/mol. The molecule has 0 spiro atoms. The Kier molecular flexibility index (Phi) is 5.40. The third-order valence-corrected chi connectivity index (χ3v) is 1.77. The van der Waals surface area contributed by atoms with Crippen LogP contribution in [0.3, 0.4) is 0 Å². The average molecular weight is 264 g/mol. The minimum Gasteiger partial charge on any atom is -1.00 e. The summed E-state index contributed by atoms with van der Waals surface area (Å²) < 4.78 is 3.62. The molecule has 1 unspecified atom stereocenters. The van der Waals surface area contributed by atoms with Gasteiger partial charge < -0.3 is 22.1 Å². The normalized spacial score (nSPS) is 11.9. The molecule has 0 aliphatic heterocycles. The van der Waals surface area contributed by atoms with Gasteiger partial charge in [0.1, 0.15) is 25.1 Å². The maximum Gasteiger partial charge on any atom is 0.307 e. The summed E-state index contributed by atoms with van der Waals surface area (Å²) in [6.07, 6.45) is 5.49. The fraction of sp³-hybridized carbons (Fsp3) is 0.500. The van der Waals surface area contributed by atoms with E-state index in [0.717, 1.165) is 0 Å². The van der Waals surface area contributed by atoms with E-state index in [-0.39, 0.29) is 29.6 Å². The van der Waals surface area contributed by atoms with Gasteiger partial charge in [-0.2, -0.15) is 0 Å². The topological polar surface area (TPSA) is 72.1 Å². The van der Waals surface area contributed by atoms with E-state index in [2.05, 4.69) is 0 Å². The smallest absolute Gasteiger partial charge is 0.307 e. The summed E-state index contributed by atoms with van der Waals surface area (Å²) in [5.41, 5.74) is 5.62. The summed E-state index contributed by atoms with van der Waals surface area (Å²) in [5, 5.41) is 8.45. The molecule has 0 aromatic carbocycles. The molecule has 0 fully saturated rings. The molecule has 0 saturated heterocycles. The third kappa shape index (κ3) is 3.89. The maximum atomic E-state index is 10.3. The van der Waals surface area contributed by atoms with Crippen LogP contribution in [0.15, 0.2) is 18.7 Å². The number of rotatable bonds is 4. The molecule has 1 heterocycles. The molecule has 3 N–H and O–H groups in total. The van der Waals surface area contributed by atoms with Crippen molar-refractivity contribution in [1.82, 2.24) is 4.57 Å². The number of aryl methyl sites for hydroxylation is 1. The van der Waals surface area contributed by atoms with Crippen molar-refractivity contribution in [3.8, 4) is 0 Å². The van der Waals surface area contributed by atoms with Gasteiger partial charge in [0, 0.05) is 0 Å². The van der Waals surface area contributed by atoms with Gasteiger partial charge in [0.25, 0.3) is 0 Å². The Morgan fingerprint density at radius 3 is 2.79 bits per heavy atom. The summed E-state index contributed by atoms with van der Waals surface area (Å²) in [5.74, 6) is -0.791. The fourth-order valence-corrected chi connectivity index (χ4v) is 1.01. The molecule has 0 radical (unpaired) electrons. The van der Waals surface area contributed by atoms with Crippen molar-refractivity contribution in [1.29, 1.82) is 0 Å². The van der Waals surface area contributed by atoms with Gasteiger partial charge in [0.05, 0.1) is 6.42 Å². The Bertz CT molecular complexity index is 299. The average Bonchev–Trinajstić information content (AvgIpc) is 2.48. The predicted octanol–water partition coefficient (Wildman–Crippen LogP) is -3.27. The van der Waals surface area contributed by atoms with E-state index in [9.17, 15) is 4.79 Å². The number of aromatic nitrogens is 2. The van der Waals surface area contributed by atoms with Crippen LogP contribution in [0.4, 0.5) is 0 Å². The van der Waals surface area contributed by atoms with Gasteiger partial charge in [0.15, 0.2) is 0 Å². The standard InChI is InChI=1S/C8H13N3O2.BrH/c1-7(9)11-5-4-10(6-11)3-2-8(12)13;/h4-7H,2-3,9H2,1H3;1H. The van der Waals surface area contributed by atoms with Gasteiger partial charge in [0.2, 0.25) is 6.33 Å². The van der Waals surface area contributed by atoms with E-state index >= 15 is 0 Å². The first kappa shape index (κ1) is 13.1. The Morgan fingerprint density at radius 2 is 2.36 bits per heavy atom. The van der Waals surface area contributed by atoms with E-state index in [1.165, 1.54) is 0 Å². The molecular weight excluding hydrogens is 250 g/mol. The van der Waals surface area contributed by atoms with Crippen LogP contribution >= 0.6 is 0 Å². The highest BCUT2D eigenvalue weighted by atomic mass is 79.9. The number of hydrogen-bond donors (Lipinski definition) is 2. The molecule has 5 nitrogen and oxygen atoms in total. The molecule has 0 bridgehead atoms. The third-order valence-electron chi connectivity index (χ3n) is 1.77. The molecule has 1 aromatic rings. The number of nitrogens with zero attached hydrogens (tertiary/aromatic N) is 2. The van der Waals surface area contributed by atoms with E-state index in [1.807, 2.05) is 23.9 Å². The van der Waals surface area contributed by atoms with Crippen LogP contribution in [0, 0.1) is 0 Å². The first-order valence-electron chi connectivity index (χ1n) is 4.13. The van der Waals surface area contributed by atoms with Crippen molar-refractivity contribution in [3.63, 3.8) is 0 Å². The van der Waals surface area contributed by atoms with Crippen LogP contribution in [-0.4, -0.2) is 15.6 Å². The highest BCUT2D eigenvalue weighted by molar-refractivity contribution is 5.66. The molecule has 14 heavy (non-hydrogen) atoms. The number of carboxylic acids is 1. The quantitative estimate of drug-likeness (QED) is 0.561. The molecule has 1 rings (SSSR count). The minimum absolute atomic E-state index is 0. The summed E-state index contributed by atoms with van der Waals surface area (Å²) in [6.45, 7) is 2.34. The Labute approximate surface area is 92.9 Å². The molecule has 6 heteroatoms. The number of carboxylic acid groups (broad SMARTS) is 1. The number of hydrogen-bond acceptors (Lipinski definition) is 2. The molecule has 1 atom stereocenters. The zero-order valence-corrected chi connectivity index (χ0v) is 9.51. The van der Waals surface area contributed by atoms with Gasteiger partial charge in [-0.25, -0.2) is 9.13 Å². The molecule has 0 amide bonds. The predicted molar refractivity (Wildman–Crippen MR) is 45.8 cm³/mol. The van der Waals surface area contributed by atoms with Gasteiger partial charge >= 0.3 is 5.97 Å². The number of nitrogens with two attached hydrogens (primary N) is 1. The summed E-state index contributed by atoms with van der Waals surface area (Å²) in [7, 11) is 0. The fourth-order valence-electron chi connectivity index (χ4n) is 1.01. The Balaban J connectivity index is 0.00000169. The Hall–Kier alpha value is -0.880. The van der Waals surface area contributed by atoms with Crippen LogP contribution < -0.4 is 27.3 Å². The molecule has 0 aliphatic carbocycles. The van der Waals surface area contributed by atoms with Crippen LogP contribution in [0.5, 0.6) is 0 Å². The van der Waals surface area contributed by atoms with Crippen molar-refractivity contribution in [2.75, 3.05) is 0 Å². The summed E-state index contributed by atoms with van der Waals surface area (Å²) in [4.78, 5) is 10.3. The lowest BCUT2D eigenvalue weighted by Gasteiger charge is -1.97. The zero-order chi connectivity index (χ0) is 9.84. The number of halogens is 1. The highest BCUT2D eigenvalue weighted by Gasteiger charge is 2.07. The van der Waals surface area contributed by atoms with E-state index in [1.54, 1.807) is 10.9 Å². The largest absolute Gasteiger partial charge is 1.00 e. The highest BCUT2D eigenvalue weighted by Crippen LogP contribution is 1.93. The summed E-state index contributed by atoms with van der Waals surface area (Å²) in [6, 6.07) is 0. The van der Waals surface area contributed by atoms with Gasteiger partial charge in [-0.3, -0.25) is 10.5 Å². The van der Waals surface area contributed by atoms with Crippen molar-refractivity contribution in [2.24, 2.45) is 5.73 Å². The number of imidazole rings is 1. The van der Waals surface area contributed by atoms with Crippen LogP contribution in [0.2, 0.25) is 0 Å². The molecular formula is C8H14BrN3O2. The first-order valence-corrected chi connectivity index (χ1v) is 4.13. The van der Waals surface area contributed by atoms with Crippen molar-refractivity contribution in [3.05, 3.63) is 18.7 Å². The first-order chi connectivity index (χ1) is 6.09. The van der Waals surface area contributed by atoms with Crippen LogP contribution in [-0.2, 0) is 11.3 Å². The van der Waals surface area contributed by atoms with Crippen molar-refractivity contribution >= 4 is 5.97 Å². The molecule has 0 saturated carbocycles. The lowest BCUT2D eigenvalue weighted by atomic mass is 10.4. The second kappa shape index (κ2) is 5.77. The minimum atomic E-state index is -0.791. The number of carbonyl (C=O) groups is 1. The second-order valence-corrected chi connectivity index (χ2v) is 2.98. The molecule has 0 aliphatic rings. The molecule has 80 valence electrons. The van der Waals surface area contributed by atoms with Crippen molar-refractivity contribution in [2.45, 2.75) is 26.1 Å². The second-order valence-electron chi connectivity index (χ2n) is 2.98. The van der Waals surface area contributed by atoms with Crippen molar-refractivity contribution < 1.29 is 31.4 Å². The van der Waals surface area contributed by atoms with Crippen LogP contribution in [0.1, 0.15) is 19.5 Å². The van der Waals surface area contributed by atoms with Gasteiger partial charge in [-0.15, -0.1) is 0 Å². The molecule has 1 aromatic heterocycles. The van der Waals surface area contributed by atoms with Crippen LogP contribution in [0.25, 0.3) is 0 Å². The van der Waals surface area contributed by atoms with E-state index in [0.29, 0.717) is 6.54 Å². The van der Waals surface area contributed by atoms with Gasteiger partial charge in [-0.05, 0) is 6.92 Å². The van der Waals surface area contributed by atoms with E-state index < -0.39 is 5.97 Å². The zero-order valence-electron chi connectivity index (χ0n) is 7.93. The SMILES string of the molecule is CC(N)n1cc[n+](CCC(=O)O)c1.[Br-]. The Morgan fingerprint density at radius 1 is 1.71 bits per heavy atom. The summed E-state index contributed by atoms with van der Waals surface area (Å²) >= 11 is 0. The lowest BCUT2D eigenvalue weighted by molar-refractivity contribution is -0.695. The van der Waals surface area contributed by atoms with E-state index in [4.69, 9.17) is 10.8 Å². The maximum absolute atomic E-state index is 10.3. The lowest BCUT2D eigenvalue weighted by Crippen LogP contribution is -3.00. The number of aliphatic carboxylic acids is 1.